The normalized spacial score (nSPS) is 26.9. The van der Waals surface area contributed by atoms with E-state index in [0.717, 1.165) is 12.8 Å². The lowest BCUT2D eigenvalue weighted by Gasteiger charge is -2.33. The summed E-state index contributed by atoms with van der Waals surface area (Å²) < 4.78 is 19.2. The molecule has 0 bridgehead atoms. The minimum absolute atomic E-state index is 0.466. The van der Waals surface area contributed by atoms with E-state index in [1.54, 1.807) is 0 Å². The van der Waals surface area contributed by atoms with Gasteiger partial charge in [-0.15, -0.1) is 0 Å². The van der Waals surface area contributed by atoms with Gasteiger partial charge in [0.25, 0.3) is 0 Å². The SMILES string of the molecule is CC1(C)CCC(CS(=O)O)CC1. The molecule has 0 aromatic heterocycles. The first-order valence-corrected chi connectivity index (χ1v) is 5.85. The van der Waals surface area contributed by atoms with Crippen LogP contribution < -0.4 is 0 Å². The third kappa shape index (κ3) is 3.23. The van der Waals surface area contributed by atoms with Gasteiger partial charge in [-0.1, -0.05) is 13.8 Å². The van der Waals surface area contributed by atoms with Crippen molar-refractivity contribution in [3.8, 4) is 0 Å². The van der Waals surface area contributed by atoms with Crippen LogP contribution in [0.4, 0.5) is 0 Å². The molecule has 0 aliphatic heterocycles. The third-order valence-electron chi connectivity index (χ3n) is 2.84. The van der Waals surface area contributed by atoms with Gasteiger partial charge in [0.15, 0.2) is 11.1 Å². The van der Waals surface area contributed by atoms with E-state index in [1.807, 2.05) is 0 Å². The van der Waals surface area contributed by atoms with Gasteiger partial charge in [0.1, 0.15) is 0 Å². The fourth-order valence-electron chi connectivity index (χ4n) is 1.83. The largest absolute Gasteiger partial charge is 0.306 e. The van der Waals surface area contributed by atoms with Gasteiger partial charge in [-0.05, 0) is 37.0 Å². The molecule has 1 aliphatic rings. The zero-order chi connectivity index (χ0) is 9.19. The van der Waals surface area contributed by atoms with Gasteiger partial charge < -0.3 is 4.55 Å². The maximum absolute atomic E-state index is 10.5. The lowest BCUT2D eigenvalue weighted by Crippen LogP contribution is -2.24. The molecule has 2 nitrogen and oxygen atoms in total. The van der Waals surface area contributed by atoms with Crippen molar-refractivity contribution in [2.24, 2.45) is 11.3 Å². The van der Waals surface area contributed by atoms with Crippen LogP contribution in [-0.2, 0) is 11.1 Å². The molecule has 0 radical (unpaired) electrons. The highest BCUT2D eigenvalue weighted by molar-refractivity contribution is 7.79. The third-order valence-corrected chi connectivity index (χ3v) is 3.59. The average Bonchev–Trinajstić information content (AvgIpc) is 1.93. The minimum atomic E-state index is -1.59. The van der Waals surface area contributed by atoms with Crippen molar-refractivity contribution in [3.63, 3.8) is 0 Å². The lowest BCUT2D eigenvalue weighted by molar-refractivity contribution is 0.202. The molecule has 1 unspecified atom stereocenters. The van der Waals surface area contributed by atoms with E-state index in [9.17, 15) is 4.21 Å². The summed E-state index contributed by atoms with van der Waals surface area (Å²) in [5, 5.41) is 0. The average molecular weight is 190 g/mol. The van der Waals surface area contributed by atoms with Gasteiger partial charge in [0.2, 0.25) is 0 Å². The highest BCUT2D eigenvalue weighted by Crippen LogP contribution is 2.37. The number of hydrogen-bond acceptors (Lipinski definition) is 1. The Hall–Kier alpha value is 0.110. The van der Waals surface area contributed by atoms with Crippen molar-refractivity contribution in [2.75, 3.05) is 5.75 Å². The molecule has 1 atom stereocenters. The van der Waals surface area contributed by atoms with E-state index in [2.05, 4.69) is 13.8 Å². The molecule has 0 aromatic rings. The molecule has 3 heteroatoms. The van der Waals surface area contributed by atoms with Crippen LogP contribution in [0.5, 0.6) is 0 Å². The molecule has 1 rings (SSSR count). The summed E-state index contributed by atoms with van der Waals surface area (Å²) in [4.78, 5) is 0. The van der Waals surface area contributed by atoms with Crippen molar-refractivity contribution < 1.29 is 8.76 Å². The monoisotopic (exact) mass is 190 g/mol. The van der Waals surface area contributed by atoms with Gasteiger partial charge >= 0.3 is 0 Å². The quantitative estimate of drug-likeness (QED) is 0.679. The van der Waals surface area contributed by atoms with Gasteiger partial charge in [-0.25, -0.2) is 4.21 Å². The van der Waals surface area contributed by atoms with Crippen LogP contribution in [0.1, 0.15) is 39.5 Å². The highest BCUT2D eigenvalue weighted by atomic mass is 32.2. The molecule has 1 N–H and O–H groups in total. The van der Waals surface area contributed by atoms with Crippen LogP contribution in [0.15, 0.2) is 0 Å². The van der Waals surface area contributed by atoms with Crippen molar-refractivity contribution in [1.82, 2.24) is 0 Å². The predicted molar refractivity (Wildman–Crippen MR) is 51.4 cm³/mol. The Morgan fingerprint density at radius 3 is 2.33 bits per heavy atom. The molecule has 1 fully saturated rings. The Balaban J connectivity index is 2.31. The van der Waals surface area contributed by atoms with Crippen molar-refractivity contribution in [1.29, 1.82) is 0 Å². The van der Waals surface area contributed by atoms with Crippen LogP contribution in [0.25, 0.3) is 0 Å². The molecule has 72 valence electrons. The molecule has 1 aliphatic carbocycles. The van der Waals surface area contributed by atoms with Crippen molar-refractivity contribution in [3.05, 3.63) is 0 Å². The van der Waals surface area contributed by atoms with E-state index in [4.69, 9.17) is 4.55 Å². The zero-order valence-electron chi connectivity index (χ0n) is 7.88. The summed E-state index contributed by atoms with van der Waals surface area (Å²) in [7, 11) is 0. The summed E-state index contributed by atoms with van der Waals surface area (Å²) in [6, 6.07) is 0. The first-order valence-electron chi connectivity index (χ1n) is 4.57. The van der Waals surface area contributed by atoms with Crippen LogP contribution >= 0.6 is 0 Å². The zero-order valence-corrected chi connectivity index (χ0v) is 8.69. The topological polar surface area (TPSA) is 37.3 Å². The standard InChI is InChI=1S/C9H18O2S/c1-9(2)5-3-8(4-6-9)7-12(10)11/h8H,3-7H2,1-2H3,(H,10,11). The van der Waals surface area contributed by atoms with Gasteiger partial charge in [0, 0.05) is 0 Å². The van der Waals surface area contributed by atoms with Crippen LogP contribution in [0.2, 0.25) is 0 Å². The van der Waals surface area contributed by atoms with E-state index < -0.39 is 11.1 Å². The molecule has 0 spiro atoms. The van der Waals surface area contributed by atoms with Gasteiger partial charge in [-0.3, -0.25) is 0 Å². The Morgan fingerprint density at radius 1 is 1.42 bits per heavy atom. The second kappa shape index (κ2) is 3.88. The summed E-state index contributed by atoms with van der Waals surface area (Å²) in [6.07, 6.45) is 4.66. The number of rotatable bonds is 2. The number of hydrogen-bond donors (Lipinski definition) is 1. The molecular weight excluding hydrogens is 172 g/mol. The molecular formula is C9H18O2S. The Morgan fingerprint density at radius 2 is 1.92 bits per heavy atom. The Bertz CT molecular complexity index is 167. The molecule has 0 amide bonds. The summed E-state index contributed by atoms with van der Waals surface area (Å²) in [5.41, 5.74) is 0.466. The molecule has 0 aromatic carbocycles. The first-order chi connectivity index (χ1) is 5.49. The first kappa shape index (κ1) is 10.2. The maximum Gasteiger partial charge on any atom is 0.153 e. The van der Waals surface area contributed by atoms with Crippen molar-refractivity contribution >= 4 is 11.1 Å². The Labute approximate surface area is 77.0 Å². The maximum atomic E-state index is 10.5. The molecule has 1 saturated carbocycles. The predicted octanol–water partition coefficient (Wildman–Crippen LogP) is 2.42. The van der Waals surface area contributed by atoms with E-state index in [1.165, 1.54) is 12.8 Å². The Kier molecular flexibility index (Phi) is 3.29. The minimum Gasteiger partial charge on any atom is -0.306 e. The fraction of sp³-hybridized carbons (Fsp3) is 1.00. The summed E-state index contributed by atoms with van der Waals surface area (Å²) in [6.45, 7) is 4.55. The van der Waals surface area contributed by atoms with Gasteiger partial charge in [-0.2, -0.15) is 0 Å². The molecule has 12 heavy (non-hydrogen) atoms. The van der Waals surface area contributed by atoms with Gasteiger partial charge in [0.05, 0.1) is 5.75 Å². The highest BCUT2D eigenvalue weighted by Gasteiger charge is 2.27. The van der Waals surface area contributed by atoms with Crippen molar-refractivity contribution in [2.45, 2.75) is 39.5 Å². The van der Waals surface area contributed by atoms with Crippen LogP contribution in [-0.4, -0.2) is 14.5 Å². The fourth-order valence-corrected chi connectivity index (χ4v) is 2.56. The molecule has 0 heterocycles. The molecule has 0 saturated heterocycles. The van der Waals surface area contributed by atoms with E-state index >= 15 is 0 Å². The van der Waals surface area contributed by atoms with E-state index in [-0.39, 0.29) is 0 Å². The lowest BCUT2D eigenvalue weighted by atomic mass is 9.74. The smallest absolute Gasteiger partial charge is 0.153 e. The summed E-state index contributed by atoms with van der Waals surface area (Å²) in [5.74, 6) is 0.972. The summed E-state index contributed by atoms with van der Waals surface area (Å²) >= 11 is -1.59. The van der Waals surface area contributed by atoms with E-state index in [0.29, 0.717) is 17.1 Å². The second-order valence-corrected chi connectivity index (χ2v) is 5.57. The second-order valence-electron chi connectivity index (χ2n) is 4.60. The van der Waals surface area contributed by atoms with Crippen LogP contribution in [0.3, 0.4) is 0 Å². The van der Waals surface area contributed by atoms with Crippen LogP contribution in [0, 0.1) is 11.3 Å².